The molecule has 0 aliphatic carbocycles. The molecule has 0 aromatic rings. The van der Waals surface area contributed by atoms with E-state index in [2.05, 4.69) is 31.3 Å². The van der Waals surface area contributed by atoms with Crippen LogP contribution in [0.3, 0.4) is 0 Å². The van der Waals surface area contributed by atoms with E-state index in [9.17, 15) is 25.2 Å². The van der Waals surface area contributed by atoms with Crippen molar-refractivity contribution in [3.05, 3.63) is 12.2 Å². The van der Waals surface area contributed by atoms with Gasteiger partial charge < -0.3 is 25.7 Å². The van der Waals surface area contributed by atoms with Gasteiger partial charge in [0, 0.05) is 0 Å². The lowest BCUT2D eigenvalue weighted by Gasteiger charge is -2.27. The molecule has 6 nitrogen and oxygen atoms in total. The molecule has 5 N–H and O–H groups in total. The minimum absolute atomic E-state index is 0.366. The lowest BCUT2D eigenvalue weighted by Crippen LogP contribution is -2.53. The zero-order chi connectivity index (χ0) is 26.9. The van der Waals surface area contributed by atoms with Crippen LogP contribution in [0, 0.1) is 0 Å². The third-order valence-electron chi connectivity index (χ3n) is 6.98. The Morgan fingerprint density at radius 1 is 0.667 bits per heavy atom. The molecule has 214 valence electrons. The zero-order valence-corrected chi connectivity index (χ0v) is 23.5. The van der Waals surface area contributed by atoms with Crippen molar-refractivity contribution in [2.75, 3.05) is 6.61 Å². The van der Waals surface area contributed by atoms with Crippen LogP contribution in [0.15, 0.2) is 12.2 Å². The van der Waals surface area contributed by atoms with Gasteiger partial charge in [-0.2, -0.15) is 0 Å². The number of hydrogen-bond acceptors (Lipinski definition) is 5. The van der Waals surface area contributed by atoms with Gasteiger partial charge in [-0.3, -0.25) is 4.79 Å². The molecule has 0 aromatic carbocycles. The number of nitrogens with one attached hydrogen (secondary N) is 1. The Balaban J connectivity index is 3.94. The number of hydrogen-bond donors (Lipinski definition) is 5. The first-order valence-electron chi connectivity index (χ1n) is 15.1. The predicted octanol–water partition coefficient (Wildman–Crippen LogP) is 5.94. The van der Waals surface area contributed by atoms with Gasteiger partial charge in [-0.25, -0.2) is 0 Å². The molecule has 0 aromatic heterocycles. The molecule has 0 bridgehead atoms. The van der Waals surface area contributed by atoms with E-state index in [1.165, 1.54) is 77.0 Å². The second-order valence-electron chi connectivity index (χ2n) is 10.4. The van der Waals surface area contributed by atoms with Crippen molar-refractivity contribution in [1.29, 1.82) is 0 Å². The highest BCUT2D eigenvalue weighted by Gasteiger charge is 2.28. The van der Waals surface area contributed by atoms with Crippen molar-refractivity contribution in [2.45, 2.75) is 167 Å². The Labute approximate surface area is 222 Å². The van der Waals surface area contributed by atoms with Gasteiger partial charge in [0.25, 0.3) is 0 Å². The van der Waals surface area contributed by atoms with Crippen molar-refractivity contribution >= 4 is 5.91 Å². The van der Waals surface area contributed by atoms with Gasteiger partial charge >= 0.3 is 0 Å². The molecule has 0 rings (SSSR count). The lowest BCUT2D eigenvalue weighted by atomic mass is 10.00. The highest BCUT2D eigenvalue weighted by atomic mass is 16.3. The third kappa shape index (κ3) is 20.1. The third-order valence-corrected chi connectivity index (χ3v) is 6.98. The molecule has 6 heteroatoms. The molecule has 1 amide bonds. The molecular formula is C30H59NO5. The minimum Gasteiger partial charge on any atom is -0.394 e. The van der Waals surface area contributed by atoms with E-state index in [1.54, 1.807) is 0 Å². The molecule has 4 atom stereocenters. The van der Waals surface area contributed by atoms with Gasteiger partial charge in [0.15, 0.2) is 0 Å². The Morgan fingerprint density at radius 3 is 1.67 bits per heavy atom. The van der Waals surface area contributed by atoms with E-state index in [0.29, 0.717) is 12.8 Å². The van der Waals surface area contributed by atoms with Crippen LogP contribution in [0.25, 0.3) is 0 Å². The fraction of sp³-hybridized carbons (Fsp3) is 0.900. The summed E-state index contributed by atoms with van der Waals surface area (Å²) in [5.74, 6) is -0.599. The van der Waals surface area contributed by atoms with E-state index in [4.69, 9.17) is 0 Å². The molecule has 0 saturated heterocycles. The van der Waals surface area contributed by atoms with Crippen LogP contribution in [0.2, 0.25) is 0 Å². The molecule has 4 unspecified atom stereocenters. The first kappa shape index (κ1) is 35.0. The fourth-order valence-corrected chi connectivity index (χ4v) is 4.46. The van der Waals surface area contributed by atoms with Gasteiger partial charge in [-0.15, -0.1) is 0 Å². The van der Waals surface area contributed by atoms with Crippen LogP contribution in [-0.4, -0.2) is 57.3 Å². The number of amides is 1. The summed E-state index contributed by atoms with van der Waals surface area (Å²) in [5.41, 5.74) is 0. The van der Waals surface area contributed by atoms with Crippen molar-refractivity contribution in [3.8, 4) is 0 Å². The number of aliphatic hydroxyl groups excluding tert-OH is 4. The van der Waals surface area contributed by atoms with Crippen LogP contribution in [0.1, 0.15) is 142 Å². The van der Waals surface area contributed by atoms with Gasteiger partial charge in [0.2, 0.25) is 5.91 Å². The molecule has 0 aliphatic heterocycles. The summed E-state index contributed by atoms with van der Waals surface area (Å²) in [6, 6.07) is -0.992. The molecule has 0 fully saturated rings. The average molecular weight is 514 g/mol. The zero-order valence-electron chi connectivity index (χ0n) is 23.5. The van der Waals surface area contributed by atoms with E-state index in [1.807, 2.05) is 0 Å². The summed E-state index contributed by atoms with van der Waals surface area (Å²) in [5, 5.41) is 42.9. The smallest absolute Gasteiger partial charge is 0.249 e. The first-order valence-corrected chi connectivity index (χ1v) is 15.1. The number of carbonyl (C=O) groups is 1. The molecule has 0 radical (unpaired) electrons. The molecule has 0 heterocycles. The Morgan fingerprint density at radius 2 is 1.14 bits per heavy atom. The quantitative estimate of drug-likeness (QED) is 0.0726. The normalized spacial score (nSPS) is 15.2. The van der Waals surface area contributed by atoms with Gasteiger partial charge in [-0.1, -0.05) is 116 Å². The highest BCUT2D eigenvalue weighted by molar-refractivity contribution is 5.80. The maximum Gasteiger partial charge on any atom is 0.249 e. The number of unbranched alkanes of at least 4 members (excludes halogenated alkanes) is 15. The lowest BCUT2D eigenvalue weighted by molar-refractivity contribution is -0.132. The van der Waals surface area contributed by atoms with Crippen molar-refractivity contribution < 1.29 is 25.2 Å². The van der Waals surface area contributed by atoms with Gasteiger partial charge in [0.05, 0.1) is 18.8 Å². The Bertz CT molecular complexity index is 514. The minimum atomic E-state index is -1.27. The summed E-state index contributed by atoms with van der Waals surface area (Å²) in [6.45, 7) is 3.93. The summed E-state index contributed by atoms with van der Waals surface area (Å²) >= 11 is 0. The Kier molecular flexibility index (Phi) is 25.0. The largest absolute Gasteiger partial charge is 0.394 e. The van der Waals surface area contributed by atoms with Crippen LogP contribution in [-0.2, 0) is 4.79 Å². The highest BCUT2D eigenvalue weighted by Crippen LogP contribution is 2.14. The molecule has 0 aliphatic rings. The van der Waals surface area contributed by atoms with E-state index < -0.39 is 36.9 Å². The predicted molar refractivity (Wildman–Crippen MR) is 150 cm³/mol. The fourth-order valence-electron chi connectivity index (χ4n) is 4.46. The monoisotopic (exact) mass is 513 g/mol. The van der Waals surface area contributed by atoms with E-state index >= 15 is 0 Å². The maximum atomic E-state index is 12.3. The summed E-state index contributed by atoms with van der Waals surface area (Å²) in [4.78, 5) is 12.3. The van der Waals surface area contributed by atoms with Crippen LogP contribution >= 0.6 is 0 Å². The first-order chi connectivity index (χ1) is 17.5. The summed E-state index contributed by atoms with van der Waals surface area (Å²) in [6.07, 6.45) is 22.4. The number of aliphatic hydroxyl groups is 4. The SMILES string of the molecule is CCCCC/C=C/CCCC(O)C(O)C(CO)NC(=O)C(O)CCCCCCCCCCCCCC. The van der Waals surface area contributed by atoms with E-state index in [0.717, 1.165) is 38.5 Å². The summed E-state index contributed by atoms with van der Waals surface area (Å²) in [7, 11) is 0. The standard InChI is InChI=1S/C30H59NO5/c1-3-5-7-9-11-13-14-15-16-18-20-22-24-28(34)30(36)31-26(25-32)29(35)27(33)23-21-19-17-12-10-8-6-4-2/h12,17,26-29,32-35H,3-11,13-16,18-25H2,1-2H3,(H,31,36)/b17-12+. The van der Waals surface area contributed by atoms with E-state index in [-0.39, 0.29) is 0 Å². The average Bonchev–Trinajstić information content (AvgIpc) is 2.88. The van der Waals surface area contributed by atoms with Crippen molar-refractivity contribution in [2.24, 2.45) is 0 Å². The number of allylic oxidation sites excluding steroid dienone is 2. The second kappa shape index (κ2) is 25.7. The van der Waals surface area contributed by atoms with Crippen LogP contribution in [0.5, 0.6) is 0 Å². The van der Waals surface area contributed by atoms with Crippen molar-refractivity contribution in [1.82, 2.24) is 5.32 Å². The summed E-state index contributed by atoms with van der Waals surface area (Å²) < 4.78 is 0. The topological polar surface area (TPSA) is 110 Å². The van der Waals surface area contributed by atoms with Crippen molar-refractivity contribution in [3.63, 3.8) is 0 Å². The second-order valence-corrected chi connectivity index (χ2v) is 10.4. The maximum absolute atomic E-state index is 12.3. The number of carbonyl (C=O) groups excluding carboxylic acids is 1. The molecule has 36 heavy (non-hydrogen) atoms. The Hall–Kier alpha value is -0.950. The van der Waals surface area contributed by atoms with Crippen LogP contribution < -0.4 is 5.32 Å². The van der Waals surface area contributed by atoms with Crippen LogP contribution in [0.4, 0.5) is 0 Å². The molecular weight excluding hydrogens is 454 g/mol. The number of rotatable bonds is 26. The van der Waals surface area contributed by atoms with Gasteiger partial charge in [0.1, 0.15) is 12.2 Å². The molecule has 0 saturated carbocycles. The van der Waals surface area contributed by atoms with Gasteiger partial charge in [-0.05, 0) is 38.5 Å². The molecule has 0 spiro atoms.